The Morgan fingerprint density at radius 2 is 2.30 bits per heavy atom. The monoisotopic (exact) mass is 300 g/mol. The predicted octanol–water partition coefficient (Wildman–Crippen LogP) is 1.84. The van der Waals surface area contributed by atoms with E-state index >= 15 is 0 Å². The third-order valence-corrected chi connectivity index (χ3v) is 4.06. The summed E-state index contributed by atoms with van der Waals surface area (Å²) < 4.78 is 2.11. The fourth-order valence-corrected chi connectivity index (χ4v) is 2.77. The van der Waals surface area contributed by atoms with Gasteiger partial charge in [-0.1, -0.05) is 20.3 Å². The summed E-state index contributed by atoms with van der Waals surface area (Å²) in [7, 11) is 0. The molecule has 3 unspecified atom stereocenters. The molecular formula is C14H25ClN4O. The number of nitrogens with zero attached hydrogens (tertiary/aromatic N) is 3. The Bertz CT molecular complexity index is 409. The summed E-state index contributed by atoms with van der Waals surface area (Å²) in [5.41, 5.74) is 5.95. The first-order valence-electron chi connectivity index (χ1n) is 7.15. The molecule has 5 nitrogen and oxygen atoms in total. The highest BCUT2D eigenvalue weighted by molar-refractivity contribution is 5.85. The maximum atomic E-state index is 12.3. The molecule has 0 aromatic carbocycles. The number of likely N-dealkylation sites (tertiary alicyclic amines) is 1. The maximum absolute atomic E-state index is 12.3. The van der Waals surface area contributed by atoms with Gasteiger partial charge in [-0.3, -0.25) is 4.79 Å². The molecule has 2 N–H and O–H groups in total. The minimum Gasteiger partial charge on any atom is -0.339 e. The lowest BCUT2D eigenvalue weighted by atomic mass is 9.92. The standard InChI is InChI=1S/C14H24N4O.ClH/c1-3-4-12(15)14(19)17-7-5-11(2)13(9-17)18-8-6-16-10-18;/h6,8,10-13H,3-5,7,9,15H2,1-2H3;1H. The molecule has 0 radical (unpaired) electrons. The summed E-state index contributed by atoms with van der Waals surface area (Å²) in [5, 5.41) is 0. The van der Waals surface area contributed by atoms with Gasteiger partial charge in [-0.2, -0.15) is 0 Å². The SMILES string of the molecule is CCCC(N)C(=O)N1CCC(C)C(n2ccnc2)C1.Cl. The fourth-order valence-electron chi connectivity index (χ4n) is 2.77. The average molecular weight is 301 g/mol. The maximum Gasteiger partial charge on any atom is 0.239 e. The normalized spacial score (nSPS) is 24.1. The second-order valence-corrected chi connectivity index (χ2v) is 5.52. The summed E-state index contributed by atoms with van der Waals surface area (Å²) >= 11 is 0. The van der Waals surface area contributed by atoms with Crippen molar-refractivity contribution >= 4 is 18.3 Å². The van der Waals surface area contributed by atoms with Crippen LogP contribution in [0.1, 0.15) is 39.2 Å². The number of imidazole rings is 1. The minimum atomic E-state index is -0.346. The van der Waals surface area contributed by atoms with Crippen LogP contribution in [0.5, 0.6) is 0 Å². The molecular weight excluding hydrogens is 276 g/mol. The molecule has 3 atom stereocenters. The first-order chi connectivity index (χ1) is 9.13. The third kappa shape index (κ3) is 3.73. The van der Waals surface area contributed by atoms with Crippen molar-refractivity contribution in [2.24, 2.45) is 11.7 Å². The van der Waals surface area contributed by atoms with E-state index < -0.39 is 0 Å². The van der Waals surface area contributed by atoms with Crippen LogP contribution in [0.15, 0.2) is 18.7 Å². The van der Waals surface area contributed by atoms with E-state index in [0.29, 0.717) is 12.0 Å². The molecule has 1 fully saturated rings. The van der Waals surface area contributed by atoms with Gasteiger partial charge in [0.25, 0.3) is 0 Å². The van der Waals surface area contributed by atoms with Gasteiger partial charge >= 0.3 is 0 Å². The van der Waals surface area contributed by atoms with Crippen LogP contribution in [-0.2, 0) is 4.79 Å². The molecule has 2 heterocycles. The van der Waals surface area contributed by atoms with Crippen LogP contribution in [0, 0.1) is 5.92 Å². The molecule has 1 saturated heterocycles. The number of piperidine rings is 1. The van der Waals surface area contributed by atoms with Crippen molar-refractivity contribution in [2.75, 3.05) is 13.1 Å². The molecule has 6 heteroatoms. The quantitative estimate of drug-likeness (QED) is 0.923. The highest BCUT2D eigenvalue weighted by Gasteiger charge is 2.31. The largest absolute Gasteiger partial charge is 0.339 e. The van der Waals surface area contributed by atoms with Crippen molar-refractivity contribution in [3.8, 4) is 0 Å². The molecule has 20 heavy (non-hydrogen) atoms. The van der Waals surface area contributed by atoms with Crippen LogP contribution in [0.2, 0.25) is 0 Å². The first-order valence-corrected chi connectivity index (χ1v) is 7.15. The molecule has 1 aliphatic rings. The zero-order valence-corrected chi connectivity index (χ0v) is 13.1. The van der Waals surface area contributed by atoms with Gasteiger partial charge in [-0.15, -0.1) is 12.4 Å². The van der Waals surface area contributed by atoms with Gasteiger partial charge < -0.3 is 15.2 Å². The number of rotatable bonds is 4. The van der Waals surface area contributed by atoms with E-state index in [1.807, 2.05) is 17.4 Å². The number of nitrogens with two attached hydrogens (primary N) is 1. The molecule has 114 valence electrons. The Labute approximate surface area is 126 Å². The summed E-state index contributed by atoms with van der Waals surface area (Å²) in [6.07, 6.45) is 8.33. The van der Waals surface area contributed by atoms with Crippen LogP contribution in [0.4, 0.5) is 0 Å². The van der Waals surface area contributed by atoms with Crippen molar-refractivity contribution in [3.05, 3.63) is 18.7 Å². The molecule has 1 aromatic heterocycles. The highest BCUT2D eigenvalue weighted by atomic mass is 35.5. The number of hydrogen-bond acceptors (Lipinski definition) is 3. The van der Waals surface area contributed by atoms with Crippen LogP contribution >= 0.6 is 12.4 Å². The van der Waals surface area contributed by atoms with Gasteiger partial charge in [0, 0.05) is 25.5 Å². The van der Waals surface area contributed by atoms with Crippen molar-refractivity contribution in [3.63, 3.8) is 0 Å². The van der Waals surface area contributed by atoms with Crippen LogP contribution in [-0.4, -0.2) is 39.5 Å². The average Bonchev–Trinajstić information content (AvgIpc) is 2.92. The second-order valence-electron chi connectivity index (χ2n) is 5.52. The van der Waals surface area contributed by atoms with Gasteiger partial charge in [-0.05, 0) is 18.8 Å². The number of aromatic nitrogens is 2. The van der Waals surface area contributed by atoms with Gasteiger partial charge in [0.05, 0.1) is 18.4 Å². The van der Waals surface area contributed by atoms with Crippen molar-refractivity contribution in [1.82, 2.24) is 14.5 Å². The van der Waals surface area contributed by atoms with E-state index in [9.17, 15) is 4.79 Å². The third-order valence-electron chi connectivity index (χ3n) is 4.06. The van der Waals surface area contributed by atoms with Gasteiger partial charge in [0.15, 0.2) is 0 Å². The Morgan fingerprint density at radius 1 is 1.55 bits per heavy atom. The number of amides is 1. The predicted molar refractivity (Wildman–Crippen MR) is 81.8 cm³/mol. The lowest BCUT2D eigenvalue weighted by Gasteiger charge is -2.38. The Kier molecular flexibility index (Phi) is 6.49. The van der Waals surface area contributed by atoms with Crippen LogP contribution in [0.3, 0.4) is 0 Å². The van der Waals surface area contributed by atoms with E-state index in [4.69, 9.17) is 5.73 Å². The van der Waals surface area contributed by atoms with Gasteiger partial charge in [0.2, 0.25) is 5.91 Å². The van der Waals surface area contributed by atoms with E-state index in [2.05, 4.69) is 23.4 Å². The van der Waals surface area contributed by atoms with Crippen molar-refractivity contribution in [2.45, 2.75) is 45.2 Å². The Morgan fingerprint density at radius 3 is 2.90 bits per heavy atom. The zero-order chi connectivity index (χ0) is 13.8. The number of carbonyl (C=O) groups is 1. The van der Waals surface area contributed by atoms with E-state index in [1.54, 1.807) is 6.20 Å². The Hall–Kier alpha value is -1.07. The van der Waals surface area contributed by atoms with Gasteiger partial charge in [-0.25, -0.2) is 4.98 Å². The number of halogens is 1. The van der Waals surface area contributed by atoms with Crippen molar-refractivity contribution < 1.29 is 4.79 Å². The topological polar surface area (TPSA) is 64.2 Å². The van der Waals surface area contributed by atoms with Crippen molar-refractivity contribution in [1.29, 1.82) is 0 Å². The molecule has 1 amide bonds. The molecule has 1 aliphatic heterocycles. The lowest BCUT2D eigenvalue weighted by molar-refractivity contribution is -0.135. The summed E-state index contributed by atoms with van der Waals surface area (Å²) in [4.78, 5) is 18.3. The zero-order valence-electron chi connectivity index (χ0n) is 12.2. The van der Waals surface area contributed by atoms with E-state index in [-0.39, 0.29) is 24.4 Å². The van der Waals surface area contributed by atoms with E-state index in [1.165, 1.54) is 0 Å². The first kappa shape index (κ1) is 17.0. The molecule has 0 saturated carbocycles. The molecule has 2 rings (SSSR count). The summed E-state index contributed by atoms with van der Waals surface area (Å²) in [6.45, 7) is 5.86. The van der Waals surface area contributed by atoms with Gasteiger partial charge in [0.1, 0.15) is 0 Å². The summed E-state index contributed by atoms with van der Waals surface area (Å²) in [5.74, 6) is 0.652. The Balaban J connectivity index is 0.00000200. The molecule has 1 aromatic rings. The van der Waals surface area contributed by atoms with Crippen LogP contribution < -0.4 is 5.73 Å². The number of carbonyl (C=O) groups excluding carboxylic acids is 1. The molecule has 0 aliphatic carbocycles. The fraction of sp³-hybridized carbons (Fsp3) is 0.714. The molecule has 0 bridgehead atoms. The highest BCUT2D eigenvalue weighted by Crippen LogP contribution is 2.27. The smallest absolute Gasteiger partial charge is 0.239 e. The van der Waals surface area contributed by atoms with Crippen LogP contribution in [0.25, 0.3) is 0 Å². The number of hydrogen-bond donors (Lipinski definition) is 1. The van der Waals surface area contributed by atoms with E-state index in [0.717, 1.165) is 32.4 Å². The molecule has 0 spiro atoms. The minimum absolute atomic E-state index is 0. The lowest BCUT2D eigenvalue weighted by Crippen LogP contribution is -2.49. The second kappa shape index (κ2) is 7.64. The summed E-state index contributed by atoms with van der Waals surface area (Å²) in [6, 6.07) is -0.0316.